The summed E-state index contributed by atoms with van der Waals surface area (Å²) in [6.45, 7) is 0.714. The largest absolute Gasteiger partial charge is 0.493 e. The summed E-state index contributed by atoms with van der Waals surface area (Å²) in [7, 11) is 3.21. The van der Waals surface area contributed by atoms with E-state index in [1.165, 1.54) is 0 Å². The van der Waals surface area contributed by atoms with Crippen LogP contribution >= 0.6 is 15.9 Å². The first-order chi connectivity index (χ1) is 14.5. The third kappa shape index (κ3) is 3.66. The number of aliphatic carboxylic acids is 1. The summed E-state index contributed by atoms with van der Waals surface area (Å²) < 4.78 is 11.9. The fourth-order valence-electron chi connectivity index (χ4n) is 4.46. The summed E-state index contributed by atoms with van der Waals surface area (Å²) in [4.78, 5) is 14.1. The Hall–Kier alpha value is -2.57. The van der Waals surface area contributed by atoms with Gasteiger partial charge in [0, 0.05) is 11.0 Å². The number of hydrogen-bond donors (Lipinski definition) is 1. The van der Waals surface area contributed by atoms with E-state index in [0.717, 1.165) is 32.8 Å². The molecule has 0 aromatic heterocycles. The van der Waals surface area contributed by atoms with Crippen molar-refractivity contribution in [2.75, 3.05) is 20.8 Å². The van der Waals surface area contributed by atoms with Crippen LogP contribution in [0, 0.1) is 0 Å². The number of ether oxygens (including phenoxy) is 2. The van der Waals surface area contributed by atoms with Crippen molar-refractivity contribution in [3.05, 3.63) is 70.2 Å². The van der Waals surface area contributed by atoms with E-state index in [2.05, 4.69) is 45.1 Å². The molecule has 0 bridgehead atoms. The molecule has 30 heavy (non-hydrogen) atoms. The van der Waals surface area contributed by atoms with E-state index >= 15 is 0 Å². The lowest BCUT2D eigenvalue weighted by molar-refractivity contribution is -0.142. The Morgan fingerprint density at radius 1 is 1.07 bits per heavy atom. The number of carbonyl (C=O) groups is 1. The molecule has 4 rings (SSSR count). The Balaban J connectivity index is 1.97. The fraction of sp³-hybridized carbons (Fsp3) is 0.292. The molecule has 1 N–H and O–H groups in total. The number of carboxylic acid groups (broad SMARTS) is 1. The van der Waals surface area contributed by atoms with Gasteiger partial charge in [-0.25, -0.2) is 0 Å². The lowest BCUT2D eigenvalue weighted by Gasteiger charge is -2.33. The molecule has 3 aromatic carbocycles. The van der Waals surface area contributed by atoms with Crippen LogP contribution < -0.4 is 9.47 Å². The maximum absolute atomic E-state index is 12.1. The number of likely N-dealkylation sites (tertiary alicyclic amines) is 1. The van der Waals surface area contributed by atoms with Gasteiger partial charge in [-0.05, 0) is 46.9 Å². The van der Waals surface area contributed by atoms with Gasteiger partial charge in [0.25, 0.3) is 0 Å². The third-order valence-corrected chi connectivity index (χ3v) is 6.51. The zero-order valence-electron chi connectivity index (χ0n) is 17.0. The van der Waals surface area contributed by atoms with Crippen molar-refractivity contribution >= 4 is 32.7 Å². The normalized spacial score (nSPS) is 17.8. The molecule has 0 radical (unpaired) electrons. The number of methoxy groups -OCH3 is 2. The lowest BCUT2D eigenvalue weighted by Crippen LogP contribution is -2.39. The molecule has 2 atom stereocenters. The van der Waals surface area contributed by atoms with Crippen molar-refractivity contribution < 1.29 is 19.4 Å². The highest BCUT2D eigenvalue weighted by Gasteiger charge is 2.38. The minimum Gasteiger partial charge on any atom is -0.493 e. The molecule has 0 aliphatic carbocycles. The van der Waals surface area contributed by atoms with E-state index in [4.69, 9.17) is 9.47 Å². The van der Waals surface area contributed by atoms with Crippen molar-refractivity contribution in [1.82, 2.24) is 4.90 Å². The average molecular weight is 470 g/mol. The minimum atomic E-state index is -0.783. The van der Waals surface area contributed by atoms with E-state index in [1.807, 2.05) is 30.3 Å². The molecule has 1 saturated heterocycles. The SMILES string of the molecule is COc1cc(Br)c(C(c2cccc3ccccc23)N2CCCC2C(=O)O)cc1OC. The van der Waals surface area contributed by atoms with E-state index < -0.39 is 12.0 Å². The van der Waals surface area contributed by atoms with Crippen LogP contribution in [0.3, 0.4) is 0 Å². The maximum Gasteiger partial charge on any atom is 0.320 e. The molecule has 156 valence electrons. The van der Waals surface area contributed by atoms with Crippen LogP contribution in [0.25, 0.3) is 10.8 Å². The van der Waals surface area contributed by atoms with Crippen molar-refractivity contribution in [1.29, 1.82) is 0 Å². The second-order valence-corrected chi connectivity index (χ2v) is 8.29. The molecule has 1 aliphatic rings. The predicted octanol–water partition coefficient (Wildman–Crippen LogP) is 5.26. The minimum absolute atomic E-state index is 0.242. The molecule has 2 unspecified atom stereocenters. The Morgan fingerprint density at radius 3 is 2.50 bits per heavy atom. The van der Waals surface area contributed by atoms with Crippen LogP contribution in [-0.4, -0.2) is 42.8 Å². The van der Waals surface area contributed by atoms with Crippen molar-refractivity contribution in [3.8, 4) is 11.5 Å². The molecular formula is C24H24BrNO4. The maximum atomic E-state index is 12.1. The number of benzene rings is 3. The first-order valence-electron chi connectivity index (χ1n) is 9.92. The van der Waals surface area contributed by atoms with Gasteiger partial charge in [-0.1, -0.05) is 58.4 Å². The smallest absolute Gasteiger partial charge is 0.320 e. The average Bonchev–Trinajstić information content (AvgIpc) is 3.24. The zero-order chi connectivity index (χ0) is 21.3. The summed E-state index contributed by atoms with van der Waals surface area (Å²) in [5, 5.41) is 12.1. The number of fused-ring (bicyclic) bond motifs is 1. The van der Waals surface area contributed by atoms with Crippen LogP contribution in [0.15, 0.2) is 59.1 Å². The van der Waals surface area contributed by atoms with Gasteiger partial charge in [0.1, 0.15) is 6.04 Å². The number of nitrogens with zero attached hydrogens (tertiary/aromatic N) is 1. The topological polar surface area (TPSA) is 59.0 Å². The Kier molecular flexibility index (Phi) is 5.97. The number of hydrogen-bond acceptors (Lipinski definition) is 4. The van der Waals surface area contributed by atoms with Gasteiger partial charge >= 0.3 is 5.97 Å². The highest BCUT2D eigenvalue weighted by molar-refractivity contribution is 9.10. The van der Waals surface area contributed by atoms with Crippen LogP contribution in [0.5, 0.6) is 11.5 Å². The van der Waals surface area contributed by atoms with Gasteiger partial charge in [-0.3, -0.25) is 9.69 Å². The van der Waals surface area contributed by atoms with Gasteiger partial charge < -0.3 is 14.6 Å². The molecule has 5 nitrogen and oxygen atoms in total. The van der Waals surface area contributed by atoms with E-state index in [-0.39, 0.29) is 6.04 Å². The molecule has 1 fully saturated rings. The van der Waals surface area contributed by atoms with Gasteiger partial charge in [0.15, 0.2) is 11.5 Å². The Labute approximate surface area is 184 Å². The van der Waals surface area contributed by atoms with Gasteiger partial charge in [-0.2, -0.15) is 0 Å². The van der Waals surface area contributed by atoms with Crippen LogP contribution in [0.2, 0.25) is 0 Å². The molecule has 1 aliphatic heterocycles. The van der Waals surface area contributed by atoms with Crippen molar-refractivity contribution in [2.45, 2.75) is 24.9 Å². The summed E-state index contributed by atoms with van der Waals surface area (Å²) in [5.41, 5.74) is 2.03. The zero-order valence-corrected chi connectivity index (χ0v) is 18.6. The van der Waals surface area contributed by atoms with Gasteiger partial charge in [0.2, 0.25) is 0 Å². The van der Waals surface area contributed by atoms with Crippen LogP contribution in [0.1, 0.15) is 30.0 Å². The van der Waals surface area contributed by atoms with Crippen LogP contribution in [-0.2, 0) is 4.79 Å². The number of rotatable bonds is 6. The molecule has 0 saturated carbocycles. The van der Waals surface area contributed by atoms with Crippen molar-refractivity contribution in [3.63, 3.8) is 0 Å². The summed E-state index contributed by atoms with van der Waals surface area (Å²) >= 11 is 3.71. The predicted molar refractivity (Wildman–Crippen MR) is 120 cm³/mol. The van der Waals surface area contributed by atoms with Gasteiger partial charge in [-0.15, -0.1) is 0 Å². The summed E-state index contributed by atoms with van der Waals surface area (Å²) in [6.07, 6.45) is 1.49. The third-order valence-electron chi connectivity index (χ3n) is 5.83. The second kappa shape index (κ2) is 8.66. The first-order valence-corrected chi connectivity index (χ1v) is 10.7. The molecule has 0 amide bonds. The monoisotopic (exact) mass is 469 g/mol. The number of carboxylic acids is 1. The molecular weight excluding hydrogens is 446 g/mol. The number of halogens is 1. The standard InChI is InChI=1S/C24H24BrNO4/c1-29-21-13-18(19(25)14-22(21)30-2)23(26-12-6-11-20(26)24(27)28)17-10-5-8-15-7-3-4-9-16(15)17/h3-5,7-10,13-14,20,23H,6,11-12H2,1-2H3,(H,27,28). The first kappa shape index (κ1) is 20.7. The van der Waals surface area contributed by atoms with Gasteiger partial charge in [0.05, 0.1) is 20.3 Å². The van der Waals surface area contributed by atoms with Crippen LogP contribution in [0.4, 0.5) is 0 Å². The van der Waals surface area contributed by atoms with E-state index in [1.54, 1.807) is 14.2 Å². The summed E-state index contributed by atoms with van der Waals surface area (Å²) in [6, 6.07) is 17.5. The van der Waals surface area contributed by atoms with Crippen molar-refractivity contribution in [2.24, 2.45) is 0 Å². The van der Waals surface area contributed by atoms with E-state index in [9.17, 15) is 9.90 Å². The summed E-state index contributed by atoms with van der Waals surface area (Å²) in [5.74, 6) is 0.461. The molecule has 1 heterocycles. The second-order valence-electron chi connectivity index (χ2n) is 7.43. The molecule has 3 aromatic rings. The lowest BCUT2D eigenvalue weighted by atomic mass is 9.91. The molecule has 6 heteroatoms. The van der Waals surface area contributed by atoms with E-state index in [0.29, 0.717) is 24.5 Å². The Bertz CT molecular complexity index is 1080. The Morgan fingerprint density at radius 2 is 1.77 bits per heavy atom. The fourth-order valence-corrected chi connectivity index (χ4v) is 5.00. The quantitative estimate of drug-likeness (QED) is 0.533. The highest BCUT2D eigenvalue weighted by Crippen LogP contribution is 2.44. The molecule has 0 spiro atoms. The highest BCUT2D eigenvalue weighted by atomic mass is 79.9.